The van der Waals surface area contributed by atoms with Gasteiger partial charge in [0.1, 0.15) is 6.73 Å². The summed E-state index contributed by atoms with van der Waals surface area (Å²) in [6.45, 7) is 1.45. The lowest BCUT2D eigenvalue weighted by molar-refractivity contribution is -0.114. The molecule has 1 heterocycles. The zero-order valence-corrected chi connectivity index (χ0v) is 14.0. The average molecular weight is 337 g/mol. The smallest absolute Gasteiger partial charge is 0.162 e. The number of allylic oxidation sites excluding steroid dienone is 1. The minimum atomic E-state index is 0.0405. The van der Waals surface area contributed by atoms with Crippen molar-refractivity contribution in [3.63, 3.8) is 0 Å². The van der Waals surface area contributed by atoms with Crippen molar-refractivity contribution in [2.24, 2.45) is 5.73 Å². The Labute approximate surface area is 144 Å². The molecule has 0 bridgehead atoms. The molecule has 6 heteroatoms. The third-order valence-electron chi connectivity index (χ3n) is 4.42. The number of benzene rings is 2. The second kappa shape index (κ2) is 6.31. The molecule has 0 atom stereocenters. The van der Waals surface area contributed by atoms with Crippen molar-refractivity contribution in [1.82, 2.24) is 9.78 Å². The van der Waals surface area contributed by atoms with E-state index in [4.69, 9.17) is 15.2 Å². The number of methoxy groups -OCH3 is 1. The van der Waals surface area contributed by atoms with Crippen molar-refractivity contribution in [2.75, 3.05) is 20.3 Å². The Hall–Kier alpha value is -2.70. The van der Waals surface area contributed by atoms with Crippen LogP contribution < -0.4 is 5.73 Å². The van der Waals surface area contributed by atoms with Crippen molar-refractivity contribution in [2.45, 2.75) is 13.2 Å². The van der Waals surface area contributed by atoms with Gasteiger partial charge in [0, 0.05) is 42.5 Å². The van der Waals surface area contributed by atoms with Gasteiger partial charge in [-0.2, -0.15) is 5.10 Å². The lowest BCUT2D eigenvalue weighted by atomic mass is 9.90. The van der Waals surface area contributed by atoms with E-state index in [1.165, 1.54) is 6.08 Å². The van der Waals surface area contributed by atoms with Gasteiger partial charge in [0.15, 0.2) is 5.78 Å². The predicted molar refractivity (Wildman–Crippen MR) is 95.9 cm³/mol. The number of aromatic nitrogens is 2. The molecule has 0 saturated carbocycles. The summed E-state index contributed by atoms with van der Waals surface area (Å²) < 4.78 is 12.3. The van der Waals surface area contributed by atoms with Crippen LogP contribution in [0.25, 0.3) is 27.4 Å². The van der Waals surface area contributed by atoms with E-state index in [1.54, 1.807) is 11.8 Å². The van der Waals surface area contributed by atoms with Crippen LogP contribution in [0.1, 0.15) is 11.1 Å². The van der Waals surface area contributed by atoms with Crippen LogP contribution in [0.2, 0.25) is 0 Å². The first-order valence-corrected chi connectivity index (χ1v) is 8.15. The summed E-state index contributed by atoms with van der Waals surface area (Å²) in [5.74, 6) is 0.0405. The van der Waals surface area contributed by atoms with Crippen LogP contribution in [0.5, 0.6) is 0 Å². The molecule has 0 fully saturated rings. The molecule has 0 spiro atoms. The second-order valence-corrected chi connectivity index (χ2v) is 6.17. The fourth-order valence-corrected chi connectivity index (χ4v) is 3.24. The fourth-order valence-electron chi connectivity index (χ4n) is 3.24. The molecule has 25 heavy (non-hydrogen) atoms. The van der Waals surface area contributed by atoms with E-state index in [2.05, 4.69) is 17.2 Å². The number of ketones is 1. The molecule has 2 aromatic carbocycles. The zero-order chi connectivity index (χ0) is 17.4. The highest BCUT2D eigenvalue weighted by Gasteiger charge is 2.17. The molecular formula is C19H19N3O3. The molecule has 1 aliphatic rings. The van der Waals surface area contributed by atoms with E-state index >= 15 is 0 Å². The first-order valence-electron chi connectivity index (χ1n) is 8.15. The van der Waals surface area contributed by atoms with E-state index in [-0.39, 0.29) is 5.78 Å². The van der Waals surface area contributed by atoms with Gasteiger partial charge in [-0.25, -0.2) is 4.68 Å². The van der Waals surface area contributed by atoms with Crippen LogP contribution in [0.15, 0.2) is 36.5 Å². The molecule has 0 unspecified atom stereocenters. The molecule has 6 nitrogen and oxygen atoms in total. The van der Waals surface area contributed by atoms with Gasteiger partial charge in [-0.15, -0.1) is 0 Å². The van der Waals surface area contributed by atoms with E-state index in [9.17, 15) is 4.79 Å². The predicted octanol–water partition coefficient (Wildman–Crippen LogP) is 2.23. The highest BCUT2D eigenvalue weighted by atomic mass is 16.5. The maximum Gasteiger partial charge on any atom is 0.162 e. The third-order valence-corrected chi connectivity index (χ3v) is 4.42. The molecule has 4 rings (SSSR count). The summed E-state index contributed by atoms with van der Waals surface area (Å²) in [5.41, 5.74) is 9.37. The molecular weight excluding hydrogens is 318 g/mol. The van der Waals surface area contributed by atoms with Gasteiger partial charge in [-0.1, -0.05) is 6.07 Å². The number of hydrogen-bond acceptors (Lipinski definition) is 5. The standard InChI is InChI=1S/C19H19N3O3/c1-24-4-5-25-11-22-10-17-15-8-13-6-14(23)9-18(20)16(13)7-12(15)2-3-19(17)21-22/h2-3,7-10H,4-6,11,20H2,1H3. The van der Waals surface area contributed by atoms with E-state index < -0.39 is 0 Å². The molecule has 1 aliphatic carbocycles. The summed E-state index contributed by atoms with van der Waals surface area (Å²) in [6, 6.07) is 8.13. The number of nitrogens with zero attached hydrogens (tertiary/aromatic N) is 2. The molecule has 0 radical (unpaired) electrons. The Morgan fingerprint density at radius 2 is 2.12 bits per heavy atom. The minimum Gasteiger partial charge on any atom is -0.398 e. The van der Waals surface area contributed by atoms with Crippen LogP contribution in [0, 0.1) is 0 Å². The topological polar surface area (TPSA) is 79.4 Å². The van der Waals surface area contributed by atoms with Crippen LogP contribution in [-0.2, 0) is 27.4 Å². The molecule has 0 saturated heterocycles. The Morgan fingerprint density at radius 1 is 1.24 bits per heavy atom. The van der Waals surface area contributed by atoms with Crippen molar-refractivity contribution in [1.29, 1.82) is 0 Å². The van der Waals surface area contributed by atoms with Gasteiger partial charge < -0.3 is 15.2 Å². The third kappa shape index (κ3) is 2.90. The van der Waals surface area contributed by atoms with Crippen molar-refractivity contribution < 1.29 is 14.3 Å². The van der Waals surface area contributed by atoms with Gasteiger partial charge in [0.05, 0.1) is 18.7 Å². The maximum absolute atomic E-state index is 11.8. The molecule has 128 valence electrons. The zero-order valence-electron chi connectivity index (χ0n) is 14.0. The average Bonchev–Trinajstić information content (AvgIpc) is 3.01. The quantitative estimate of drug-likeness (QED) is 0.722. The highest BCUT2D eigenvalue weighted by molar-refractivity contribution is 6.09. The van der Waals surface area contributed by atoms with Crippen LogP contribution >= 0.6 is 0 Å². The number of fused-ring (bicyclic) bond motifs is 4. The van der Waals surface area contributed by atoms with Gasteiger partial charge in [0.2, 0.25) is 0 Å². The summed E-state index contributed by atoms with van der Waals surface area (Å²) in [4.78, 5) is 11.8. The highest BCUT2D eigenvalue weighted by Crippen LogP contribution is 2.31. The molecule has 2 N–H and O–H groups in total. The minimum absolute atomic E-state index is 0.0405. The van der Waals surface area contributed by atoms with Gasteiger partial charge >= 0.3 is 0 Å². The Morgan fingerprint density at radius 3 is 2.96 bits per heavy atom. The van der Waals surface area contributed by atoms with Crippen LogP contribution in [0.3, 0.4) is 0 Å². The summed E-state index contributed by atoms with van der Waals surface area (Å²) in [5, 5.41) is 7.74. The largest absolute Gasteiger partial charge is 0.398 e. The Bertz CT molecular complexity index is 1000. The second-order valence-electron chi connectivity index (χ2n) is 6.17. The molecule has 0 aliphatic heterocycles. The SMILES string of the molecule is COCCOCn1cc2c(ccc3cc4c(cc32)CC(=O)C=C4N)n1. The number of nitrogens with two attached hydrogens (primary N) is 1. The first-order chi connectivity index (χ1) is 12.2. The Kier molecular flexibility index (Phi) is 3.99. The summed E-state index contributed by atoms with van der Waals surface area (Å²) >= 11 is 0. The van der Waals surface area contributed by atoms with Crippen LogP contribution in [0.4, 0.5) is 0 Å². The number of carbonyl (C=O) groups excluding carboxylic acids is 1. The lowest BCUT2D eigenvalue weighted by Gasteiger charge is -2.15. The van der Waals surface area contributed by atoms with Crippen molar-refractivity contribution in [3.8, 4) is 0 Å². The van der Waals surface area contributed by atoms with Gasteiger partial charge in [-0.3, -0.25) is 4.79 Å². The van der Waals surface area contributed by atoms with E-state index in [1.807, 2.05) is 18.3 Å². The number of rotatable bonds is 5. The van der Waals surface area contributed by atoms with Crippen molar-refractivity contribution >= 4 is 33.2 Å². The molecule has 3 aromatic rings. The Balaban J connectivity index is 1.75. The van der Waals surface area contributed by atoms with Crippen molar-refractivity contribution in [3.05, 3.63) is 47.7 Å². The number of carbonyl (C=O) groups is 1. The summed E-state index contributed by atoms with van der Waals surface area (Å²) in [6.07, 6.45) is 3.87. The van der Waals surface area contributed by atoms with Gasteiger partial charge in [0.25, 0.3) is 0 Å². The lowest BCUT2D eigenvalue weighted by Crippen LogP contribution is -2.13. The normalized spacial score (nSPS) is 14.1. The molecule has 0 amide bonds. The summed E-state index contributed by atoms with van der Waals surface area (Å²) in [7, 11) is 1.64. The van der Waals surface area contributed by atoms with E-state index in [0.717, 1.165) is 32.8 Å². The monoisotopic (exact) mass is 337 g/mol. The first kappa shape index (κ1) is 15.8. The number of hydrogen-bond donors (Lipinski definition) is 1. The van der Waals surface area contributed by atoms with Crippen LogP contribution in [-0.4, -0.2) is 35.9 Å². The fraction of sp³-hybridized carbons (Fsp3) is 0.263. The van der Waals surface area contributed by atoms with E-state index in [0.29, 0.717) is 32.1 Å². The molecule has 1 aromatic heterocycles. The maximum atomic E-state index is 11.8. The van der Waals surface area contributed by atoms with Gasteiger partial charge in [-0.05, 0) is 34.5 Å². The number of ether oxygens (including phenoxy) is 2.